The number of amides is 1. The second-order valence-corrected chi connectivity index (χ2v) is 5.38. The number of fused-ring (bicyclic) bond motifs is 1. The molecule has 0 aromatic carbocycles. The lowest BCUT2D eigenvalue weighted by Crippen LogP contribution is -2.56. The quantitative estimate of drug-likeness (QED) is 0.804. The lowest BCUT2D eigenvalue weighted by molar-refractivity contribution is -0.148. The second-order valence-electron chi connectivity index (χ2n) is 5.38. The van der Waals surface area contributed by atoms with E-state index in [1.165, 1.54) is 12.8 Å². The first-order valence-electron chi connectivity index (χ1n) is 6.83. The summed E-state index contributed by atoms with van der Waals surface area (Å²) in [6.45, 7) is 6.06. The van der Waals surface area contributed by atoms with Crippen molar-refractivity contribution in [2.45, 2.75) is 57.7 Å². The van der Waals surface area contributed by atoms with Gasteiger partial charge in [-0.3, -0.25) is 4.79 Å². The molecule has 1 aliphatic heterocycles. The third kappa shape index (κ3) is 3.19. The molecule has 2 unspecified atom stereocenters. The van der Waals surface area contributed by atoms with Crippen LogP contribution in [0.2, 0.25) is 0 Å². The molecule has 1 aliphatic carbocycles. The van der Waals surface area contributed by atoms with E-state index >= 15 is 0 Å². The second kappa shape index (κ2) is 5.83. The highest BCUT2D eigenvalue weighted by atomic mass is 16.5. The predicted octanol–water partition coefficient (Wildman–Crippen LogP) is 1.15. The van der Waals surface area contributed by atoms with Crippen molar-refractivity contribution in [1.29, 1.82) is 0 Å². The van der Waals surface area contributed by atoms with Crippen molar-refractivity contribution in [1.82, 2.24) is 10.2 Å². The molecule has 0 spiro atoms. The Morgan fingerprint density at radius 1 is 1.41 bits per heavy atom. The SMILES string of the molecule is CC(C)NCC(=O)N1CCOC2CCCCC21. The van der Waals surface area contributed by atoms with Crippen molar-refractivity contribution < 1.29 is 9.53 Å². The first kappa shape index (κ1) is 12.8. The molecular formula is C13H24N2O2. The molecule has 4 heteroatoms. The number of carbonyl (C=O) groups excluding carboxylic acids is 1. The first-order valence-corrected chi connectivity index (χ1v) is 6.83. The molecule has 1 amide bonds. The molecule has 2 fully saturated rings. The van der Waals surface area contributed by atoms with Crippen LogP contribution in [0.15, 0.2) is 0 Å². The predicted molar refractivity (Wildman–Crippen MR) is 66.8 cm³/mol. The van der Waals surface area contributed by atoms with Crippen molar-refractivity contribution in [3.8, 4) is 0 Å². The number of carbonyl (C=O) groups is 1. The minimum Gasteiger partial charge on any atom is -0.374 e. The van der Waals surface area contributed by atoms with Crippen molar-refractivity contribution >= 4 is 5.91 Å². The maximum absolute atomic E-state index is 12.2. The van der Waals surface area contributed by atoms with Crippen molar-refractivity contribution in [2.75, 3.05) is 19.7 Å². The molecule has 2 atom stereocenters. The van der Waals surface area contributed by atoms with E-state index < -0.39 is 0 Å². The van der Waals surface area contributed by atoms with Crippen molar-refractivity contribution in [2.24, 2.45) is 0 Å². The van der Waals surface area contributed by atoms with Gasteiger partial charge in [0.15, 0.2) is 0 Å². The zero-order valence-corrected chi connectivity index (χ0v) is 10.9. The third-order valence-electron chi connectivity index (χ3n) is 3.71. The minimum absolute atomic E-state index is 0.235. The van der Waals surface area contributed by atoms with Gasteiger partial charge in [-0.15, -0.1) is 0 Å². The molecule has 2 rings (SSSR count). The van der Waals surface area contributed by atoms with Crippen molar-refractivity contribution in [3.05, 3.63) is 0 Å². The number of nitrogens with one attached hydrogen (secondary N) is 1. The van der Waals surface area contributed by atoms with E-state index in [1.54, 1.807) is 0 Å². The van der Waals surface area contributed by atoms with Crippen LogP contribution in [0.3, 0.4) is 0 Å². The van der Waals surface area contributed by atoms with Gasteiger partial charge in [0.1, 0.15) is 0 Å². The van der Waals surface area contributed by atoms with Crippen LogP contribution >= 0.6 is 0 Å². The highest BCUT2D eigenvalue weighted by Crippen LogP contribution is 2.28. The van der Waals surface area contributed by atoms with Crippen LogP contribution in [0.5, 0.6) is 0 Å². The smallest absolute Gasteiger partial charge is 0.236 e. The Bertz CT molecular complexity index is 266. The van der Waals surface area contributed by atoms with Gasteiger partial charge in [-0.1, -0.05) is 26.7 Å². The lowest BCUT2D eigenvalue weighted by atomic mass is 9.90. The van der Waals surface area contributed by atoms with Gasteiger partial charge >= 0.3 is 0 Å². The van der Waals surface area contributed by atoms with Gasteiger partial charge in [-0.2, -0.15) is 0 Å². The monoisotopic (exact) mass is 240 g/mol. The standard InChI is InChI=1S/C13H24N2O2/c1-10(2)14-9-13(16)15-7-8-17-12-6-4-3-5-11(12)15/h10-12,14H,3-9H2,1-2H3. The number of rotatable bonds is 3. The summed E-state index contributed by atoms with van der Waals surface area (Å²) >= 11 is 0. The molecule has 98 valence electrons. The van der Waals surface area contributed by atoms with Crippen LogP contribution < -0.4 is 5.32 Å². The van der Waals surface area contributed by atoms with Gasteiger partial charge in [0, 0.05) is 12.6 Å². The summed E-state index contributed by atoms with van der Waals surface area (Å²) in [6, 6.07) is 0.695. The van der Waals surface area contributed by atoms with E-state index in [1.807, 2.05) is 4.90 Å². The minimum atomic E-state index is 0.235. The van der Waals surface area contributed by atoms with Gasteiger partial charge in [0.2, 0.25) is 5.91 Å². The Balaban J connectivity index is 1.91. The zero-order chi connectivity index (χ0) is 12.3. The van der Waals surface area contributed by atoms with Gasteiger partial charge in [-0.25, -0.2) is 0 Å². The fourth-order valence-corrected chi connectivity index (χ4v) is 2.80. The molecule has 1 heterocycles. The lowest BCUT2D eigenvalue weighted by Gasteiger charge is -2.43. The normalized spacial score (nSPS) is 29.2. The van der Waals surface area contributed by atoms with Crippen LogP contribution in [0, 0.1) is 0 Å². The average molecular weight is 240 g/mol. The molecule has 0 aromatic rings. The Kier molecular flexibility index (Phi) is 4.40. The van der Waals surface area contributed by atoms with Crippen molar-refractivity contribution in [3.63, 3.8) is 0 Å². The Labute approximate surface area is 104 Å². The van der Waals surface area contributed by atoms with Crippen LogP contribution in [0.25, 0.3) is 0 Å². The third-order valence-corrected chi connectivity index (χ3v) is 3.71. The number of ether oxygens (including phenoxy) is 1. The van der Waals surface area contributed by atoms with E-state index in [0.717, 1.165) is 19.4 Å². The van der Waals surface area contributed by atoms with Crippen LogP contribution in [0.4, 0.5) is 0 Å². The highest BCUT2D eigenvalue weighted by Gasteiger charge is 2.36. The molecule has 1 saturated heterocycles. The summed E-state index contributed by atoms with van der Waals surface area (Å²) in [5.74, 6) is 0.235. The van der Waals surface area contributed by atoms with Crippen LogP contribution in [-0.4, -0.2) is 48.7 Å². The number of morpholine rings is 1. The summed E-state index contributed by atoms with van der Waals surface area (Å²) < 4.78 is 5.77. The molecule has 1 N–H and O–H groups in total. The van der Waals surface area contributed by atoms with E-state index in [9.17, 15) is 4.79 Å². The Morgan fingerprint density at radius 2 is 2.18 bits per heavy atom. The fourth-order valence-electron chi connectivity index (χ4n) is 2.80. The first-order chi connectivity index (χ1) is 8.18. The number of nitrogens with zero attached hydrogens (tertiary/aromatic N) is 1. The summed E-state index contributed by atoms with van der Waals surface area (Å²) in [7, 11) is 0. The van der Waals surface area contributed by atoms with Gasteiger partial charge < -0.3 is 15.0 Å². The molecule has 2 aliphatic rings. The van der Waals surface area contributed by atoms with E-state index in [0.29, 0.717) is 31.3 Å². The number of hydrogen-bond acceptors (Lipinski definition) is 3. The Morgan fingerprint density at radius 3 is 2.94 bits per heavy atom. The maximum atomic E-state index is 12.2. The summed E-state index contributed by atoms with van der Waals surface area (Å²) in [6.07, 6.45) is 4.99. The topological polar surface area (TPSA) is 41.6 Å². The Hall–Kier alpha value is -0.610. The molecule has 0 aromatic heterocycles. The summed E-state index contributed by atoms with van der Waals surface area (Å²) in [5.41, 5.74) is 0. The molecular weight excluding hydrogens is 216 g/mol. The van der Waals surface area contributed by atoms with Crippen LogP contribution in [0.1, 0.15) is 39.5 Å². The van der Waals surface area contributed by atoms with E-state index in [-0.39, 0.29) is 5.91 Å². The van der Waals surface area contributed by atoms with E-state index in [4.69, 9.17) is 4.74 Å². The fraction of sp³-hybridized carbons (Fsp3) is 0.923. The molecule has 17 heavy (non-hydrogen) atoms. The van der Waals surface area contributed by atoms with Gasteiger partial charge in [0.25, 0.3) is 0 Å². The summed E-state index contributed by atoms with van der Waals surface area (Å²) in [4.78, 5) is 14.2. The van der Waals surface area contributed by atoms with Gasteiger partial charge in [0.05, 0.1) is 25.3 Å². The highest BCUT2D eigenvalue weighted by molar-refractivity contribution is 5.78. The molecule has 0 radical (unpaired) electrons. The molecule has 1 saturated carbocycles. The molecule has 4 nitrogen and oxygen atoms in total. The largest absolute Gasteiger partial charge is 0.374 e. The number of hydrogen-bond donors (Lipinski definition) is 1. The maximum Gasteiger partial charge on any atom is 0.236 e. The van der Waals surface area contributed by atoms with Crippen LogP contribution in [-0.2, 0) is 9.53 Å². The molecule has 0 bridgehead atoms. The van der Waals surface area contributed by atoms with E-state index in [2.05, 4.69) is 19.2 Å². The zero-order valence-electron chi connectivity index (χ0n) is 10.9. The summed E-state index contributed by atoms with van der Waals surface area (Å²) in [5, 5.41) is 3.21. The average Bonchev–Trinajstić information content (AvgIpc) is 2.35. The van der Waals surface area contributed by atoms with Gasteiger partial charge in [-0.05, 0) is 12.8 Å².